The number of ether oxygens (including phenoxy) is 1. The number of carbonyl (C=O) groups is 1. The van der Waals surface area contributed by atoms with Crippen LogP contribution in [0.1, 0.15) is 12.0 Å². The molecule has 1 aliphatic heterocycles. The van der Waals surface area contributed by atoms with Gasteiger partial charge in [0.05, 0.1) is 29.5 Å². The van der Waals surface area contributed by atoms with Crippen molar-refractivity contribution in [2.24, 2.45) is 0 Å². The van der Waals surface area contributed by atoms with Crippen LogP contribution in [-0.4, -0.2) is 31.7 Å². The fraction of sp³-hybridized carbons (Fsp3) is 0.462. The summed E-state index contributed by atoms with van der Waals surface area (Å²) in [5.74, 6) is -0.545. The zero-order valence-electron chi connectivity index (χ0n) is 11.0. The van der Waals surface area contributed by atoms with Crippen molar-refractivity contribution in [1.29, 1.82) is 0 Å². The average molecular weight is 323 g/mol. The van der Waals surface area contributed by atoms with E-state index in [1.807, 2.05) is 0 Å². The van der Waals surface area contributed by atoms with Crippen LogP contribution in [0.4, 0.5) is 18.9 Å². The molecule has 1 amide bonds. The Labute approximate surface area is 124 Å². The first-order valence-electron chi connectivity index (χ1n) is 6.34. The predicted octanol–water partition coefficient (Wildman–Crippen LogP) is 2.68. The molecule has 21 heavy (non-hydrogen) atoms. The van der Waals surface area contributed by atoms with Crippen molar-refractivity contribution in [3.05, 3.63) is 28.8 Å². The van der Waals surface area contributed by atoms with Crippen LogP contribution < -0.4 is 10.6 Å². The summed E-state index contributed by atoms with van der Waals surface area (Å²) in [5.41, 5.74) is -1.37. The Morgan fingerprint density at radius 2 is 2.24 bits per heavy atom. The fourth-order valence-electron chi connectivity index (χ4n) is 2.05. The molecule has 1 aromatic rings. The first-order valence-corrected chi connectivity index (χ1v) is 6.72. The van der Waals surface area contributed by atoms with Crippen molar-refractivity contribution in [2.75, 3.05) is 25.1 Å². The summed E-state index contributed by atoms with van der Waals surface area (Å²) in [6, 6.07) is 3.16. The molecule has 4 nitrogen and oxygen atoms in total. The topological polar surface area (TPSA) is 50.4 Å². The maximum Gasteiger partial charge on any atom is 0.418 e. The van der Waals surface area contributed by atoms with Gasteiger partial charge in [0.2, 0.25) is 5.91 Å². The van der Waals surface area contributed by atoms with Crippen molar-refractivity contribution >= 4 is 23.2 Å². The van der Waals surface area contributed by atoms with Crippen molar-refractivity contribution < 1.29 is 22.7 Å². The molecule has 1 fully saturated rings. The molecule has 8 heteroatoms. The molecule has 1 aromatic carbocycles. The number of anilines is 1. The lowest BCUT2D eigenvalue weighted by Crippen LogP contribution is -2.43. The first-order chi connectivity index (χ1) is 9.88. The van der Waals surface area contributed by atoms with Crippen molar-refractivity contribution in [1.82, 2.24) is 5.32 Å². The molecule has 1 unspecified atom stereocenters. The number of hydrogen-bond donors (Lipinski definition) is 2. The van der Waals surface area contributed by atoms with Gasteiger partial charge >= 0.3 is 6.18 Å². The largest absolute Gasteiger partial charge is 0.418 e. The second-order valence-electron chi connectivity index (χ2n) is 4.64. The minimum Gasteiger partial charge on any atom is -0.378 e. The van der Waals surface area contributed by atoms with Gasteiger partial charge in [0.25, 0.3) is 0 Å². The second kappa shape index (κ2) is 6.64. The minimum absolute atomic E-state index is 0.0164. The number of carbonyl (C=O) groups excluding carboxylic acids is 1. The van der Waals surface area contributed by atoms with E-state index in [1.54, 1.807) is 0 Å². The molecule has 0 spiro atoms. The normalized spacial score (nSPS) is 19.3. The Bertz CT molecular complexity index is 517. The molecule has 0 bridgehead atoms. The monoisotopic (exact) mass is 322 g/mol. The van der Waals surface area contributed by atoms with Gasteiger partial charge in [-0.25, -0.2) is 0 Å². The Hall–Kier alpha value is -1.31. The van der Waals surface area contributed by atoms with E-state index in [4.69, 9.17) is 16.3 Å². The Morgan fingerprint density at radius 3 is 2.86 bits per heavy atom. The Kier molecular flexibility index (Phi) is 5.08. The van der Waals surface area contributed by atoms with E-state index in [9.17, 15) is 18.0 Å². The third-order valence-corrected chi connectivity index (χ3v) is 3.33. The van der Waals surface area contributed by atoms with Crippen LogP contribution in [0.15, 0.2) is 18.2 Å². The van der Waals surface area contributed by atoms with Crippen LogP contribution in [0.5, 0.6) is 0 Å². The van der Waals surface area contributed by atoms with Crippen molar-refractivity contribution in [3.63, 3.8) is 0 Å². The molecule has 2 N–H and O–H groups in total. The van der Waals surface area contributed by atoms with E-state index >= 15 is 0 Å². The van der Waals surface area contributed by atoms with E-state index in [2.05, 4.69) is 10.6 Å². The van der Waals surface area contributed by atoms with Gasteiger partial charge in [-0.15, -0.1) is 0 Å². The molecule has 1 aliphatic rings. The number of halogens is 4. The summed E-state index contributed by atoms with van der Waals surface area (Å²) in [4.78, 5) is 11.9. The zero-order valence-corrected chi connectivity index (χ0v) is 11.7. The van der Waals surface area contributed by atoms with Crippen LogP contribution in [-0.2, 0) is 15.7 Å². The number of rotatable bonds is 3. The summed E-state index contributed by atoms with van der Waals surface area (Å²) >= 11 is 5.77. The summed E-state index contributed by atoms with van der Waals surface area (Å²) in [6.07, 6.45) is -4.57. The predicted molar refractivity (Wildman–Crippen MR) is 72.3 cm³/mol. The lowest BCUT2D eigenvalue weighted by atomic mass is 10.1. The van der Waals surface area contributed by atoms with Crippen molar-refractivity contribution in [3.8, 4) is 0 Å². The molecule has 1 atom stereocenters. The lowest BCUT2D eigenvalue weighted by molar-refractivity contribution is -0.137. The number of para-hydroxylation sites is 1. The van der Waals surface area contributed by atoms with Crippen LogP contribution >= 0.6 is 11.6 Å². The molecule has 0 aliphatic carbocycles. The van der Waals surface area contributed by atoms with E-state index in [-0.39, 0.29) is 17.5 Å². The standard InChI is InChI=1S/C13H14ClF3N2O2/c14-10-3-1-2-9(13(15,16)17)12(10)19-11(20)6-8-7-21-5-4-18-8/h1-3,8,18H,4-7H2,(H,19,20). The molecule has 116 valence electrons. The molecule has 0 radical (unpaired) electrons. The fourth-order valence-corrected chi connectivity index (χ4v) is 2.27. The number of morpholine rings is 1. The van der Waals surface area contributed by atoms with Gasteiger partial charge < -0.3 is 15.4 Å². The number of amides is 1. The molecular weight excluding hydrogens is 309 g/mol. The number of hydrogen-bond acceptors (Lipinski definition) is 3. The van der Waals surface area contributed by atoms with E-state index < -0.39 is 23.3 Å². The first kappa shape index (κ1) is 16.1. The summed E-state index contributed by atoms with van der Waals surface area (Å²) in [7, 11) is 0. The van der Waals surface area contributed by atoms with Gasteiger partial charge in [0, 0.05) is 19.0 Å². The molecular formula is C13H14ClF3N2O2. The van der Waals surface area contributed by atoms with Gasteiger partial charge in [0.1, 0.15) is 0 Å². The minimum atomic E-state index is -4.58. The SMILES string of the molecule is O=C(CC1COCCN1)Nc1c(Cl)cccc1C(F)(F)F. The summed E-state index contributed by atoms with van der Waals surface area (Å²) in [6.45, 7) is 1.51. The van der Waals surface area contributed by atoms with E-state index in [0.717, 1.165) is 6.07 Å². The van der Waals surface area contributed by atoms with Crippen LogP contribution in [0.2, 0.25) is 5.02 Å². The number of alkyl halides is 3. The summed E-state index contributed by atoms with van der Waals surface area (Å²) in [5, 5.41) is 5.15. The zero-order chi connectivity index (χ0) is 15.5. The van der Waals surface area contributed by atoms with Crippen LogP contribution in [0.25, 0.3) is 0 Å². The Balaban J connectivity index is 2.09. The molecule has 1 heterocycles. The highest BCUT2D eigenvalue weighted by Gasteiger charge is 2.35. The van der Waals surface area contributed by atoms with Crippen LogP contribution in [0, 0.1) is 0 Å². The summed E-state index contributed by atoms with van der Waals surface area (Å²) < 4.78 is 43.9. The van der Waals surface area contributed by atoms with E-state index in [1.165, 1.54) is 12.1 Å². The van der Waals surface area contributed by atoms with Gasteiger partial charge in [-0.05, 0) is 12.1 Å². The lowest BCUT2D eigenvalue weighted by Gasteiger charge is -2.23. The smallest absolute Gasteiger partial charge is 0.378 e. The second-order valence-corrected chi connectivity index (χ2v) is 5.05. The molecule has 1 saturated heterocycles. The average Bonchev–Trinajstić information content (AvgIpc) is 2.41. The Morgan fingerprint density at radius 1 is 1.48 bits per heavy atom. The highest BCUT2D eigenvalue weighted by atomic mass is 35.5. The molecule has 0 saturated carbocycles. The molecule has 2 rings (SSSR count). The maximum absolute atomic E-state index is 12.9. The number of nitrogens with one attached hydrogen (secondary N) is 2. The van der Waals surface area contributed by atoms with Gasteiger partial charge in [0.15, 0.2) is 0 Å². The quantitative estimate of drug-likeness (QED) is 0.899. The third kappa shape index (κ3) is 4.33. The number of benzene rings is 1. The highest BCUT2D eigenvalue weighted by molar-refractivity contribution is 6.34. The maximum atomic E-state index is 12.9. The van der Waals surface area contributed by atoms with E-state index in [0.29, 0.717) is 19.8 Å². The van der Waals surface area contributed by atoms with Crippen molar-refractivity contribution in [2.45, 2.75) is 18.6 Å². The highest BCUT2D eigenvalue weighted by Crippen LogP contribution is 2.38. The van der Waals surface area contributed by atoms with Crippen LogP contribution in [0.3, 0.4) is 0 Å². The molecule has 0 aromatic heterocycles. The van der Waals surface area contributed by atoms with Gasteiger partial charge in [-0.1, -0.05) is 17.7 Å². The van der Waals surface area contributed by atoms with Gasteiger partial charge in [-0.3, -0.25) is 4.79 Å². The third-order valence-electron chi connectivity index (χ3n) is 3.01. The van der Waals surface area contributed by atoms with Gasteiger partial charge in [-0.2, -0.15) is 13.2 Å².